The van der Waals surface area contributed by atoms with Gasteiger partial charge in [-0.1, -0.05) is 17.7 Å². The van der Waals surface area contributed by atoms with E-state index < -0.39 is 0 Å². The highest BCUT2D eigenvalue weighted by molar-refractivity contribution is 6.31. The van der Waals surface area contributed by atoms with Crippen molar-refractivity contribution in [3.05, 3.63) is 40.7 Å². The molecular formula is C17H22ClN5. The molecule has 1 aromatic carbocycles. The van der Waals surface area contributed by atoms with Crippen LogP contribution in [0.25, 0.3) is 0 Å². The summed E-state index contributed by atoms with van der Waals surface area (Å²) in [6.45, 7) is 8.00. The maximum Gasteiger partial charge on any atom is 0.136 e. The van der Waals surface area contributed by atoms with Crippen LogP contribution in [0, 0.1) is 13.8 Å². The summed E-state index contributed by atoms with van der Waals surface area (Å²) >= 11 is 6.19. The highest BCUT2D eigenvalue weighted by Gasteiger charge is 2.16. The van der Waals surface area contributed by atoms with Crippen LogP contribution in [0.5, 0.6) is 0 Å². The lowest BCUT2D eigenvalue weighted by Gasteiger charge is -2.33. The molecule has 0 amide bonds. The molecule has 0 spiro atoms. The summed E-state index contributed by atoms with van der Waals surface area (Å²) in [5, 5.41) is 4.08. The maximum atomic E-state index is 6.19. The maximum absolute atomic E-state index is 6.19. The smallest absolute Gasteiger partial charge is 0.136 e. The minimum Gasteiger partial charge on any atom is -0.354 e. The van der Waals surface area contributed by atoms with Gasteiger partial charge in [0.25, 0.3) is 0 Å². The molecule has 1 N–H and O–H groups in total. The zero-order valence-electron chi connectivity index (χ0n) is 13.8. The SMILES string of the molecule is Cc1nc(Nc2ccc(C)c(Cl)c2)cc(N2CCN(C)CC2)n1. The first kappa shape index (κ1) is 16.0. The van der Waals surface area contributed by atoms with E-state index in [9.17, 15) is 0 Å². The second-order valence-corrected chi connectivity index (χ2v) is 6.45. The van der Waals surface area contributed by atoms with Crippen molar-refractivity contribution in [1.82, 2.24) is 14.9 Å². The van der Waals surface area contributed by atoms with Crippen molar-refractivity contribution in [2.75, 3.05) is 43.4 Å². The van der Waals surface area contributed by atoms with E-state index in [4.69, 9.17) is 11.6 Å². The van der Waals surface area contributed by atoms with E-state index in [-0.39, 0.29) is 0 Å². The molecule has 0 atom stereocenters. The van der Waals surface area contributed by atoms with Crippen LogP contribution in [0.2, 0.25) is 5.02 Å². The van der Waals surface area contributed by atoms with E-state index in [0.717, 1.165) is 59.9 Å². The molecule has 0 radical (unpaired) electrons. The van der Waals surface area contributed by atoms with Crippen molar-refractivity contribution in [3.8, 4) is 0 Å². The quantitative estimate of drug-likeness (QED) is 0.935. The first-order valence-corrected chi connectivity index (χ1v) is 8.21. The number of piperazine rings is 1. The number of rotatable bonds is 3. The summed E-state index contributed by atoms with van der Waals surface area (Å²) in [4.78, 5) is 13.7. The fraction of sp³-hybridized carbons (Fsp3) is 0.412. The van der Waals surface area contributed by atoms with Crippen LogP contribution >= 0.6 is 11.6 Å². The summed E-state index contributed by atoms with van der Waals surface area (Å²) in [6, 6.07) is 7.93. The lowest BCUT2D eigenvalue weighted by molar-refractivity contribution is 0.312. The number of aryl methyl sites for hydroxylation is 2. The van der Waals surface area contributed by atoms with Crippen LogP contribution in [-0.2, 0) is 0 Å². The van der Waals surface area contributed by atoms with Gasteiger partial charge in [0.15, 0.2) is 0 Å². The van der Waals surface area contributed by atoms with Gasteiger partial charge in [-0.3, -0.25) is 0 Å². The molecule has 0 bridgehead atoms. The molecule has 1 aliphatic rings. The van der Waals surface area contributed by atoms with Gasteiger partial charge < -0.3 is 15.1 Å². The third kappa shape index (κ3) is 3.92. The lowest BCUT2D eigenvalue weighted by Crippen LogP contribution is -2.44. The predicted octanol–water partition coefficient (Wildman–Crippen LogP) is 3.24. The number of benzene rings is 1. The average Bonchev–Trinajstić information content (AvgIpc) is 2.51. The fourth-order valence-corrected chi connectivity index (χ4v) is 2.81. The van der Waals surface area contributed by atoms with Crippen LogP contribution in [0.4, 0.5) is 17.3 Å². The van der Waals surface area contributed by atoms with E-state index in [2.05, 4.69) is 32.1 Å². The van der Waals surface area contributed by atoms with Gasteiger partial charge in [-0.05, 0) is 38.6 Å². The van der Waals surface area contributed by atoms with Crippen molar-refractivity contribution in [1.29, 1.82) is 0 Å². The van der Waals surface area contributed by atoms with Crippen molar-refractivity contribution in [2.24, 2.45) is 0 Å². The van der Waals surface area contributed by atoms with Crippen LogP contribution in [0.3, 0.4) is 0 Å². The van der Waals surface area contributed by atoms with Crippen molar-refractivity contribution >= 4 is 28.9 Å². The van der Waals surface area contributed by atoms with Crippen molar-refractivity contribution in [3.63, 3.8) is 0 Å². The molecule has 1 aliphatic heterocycles. The minimum absolute atomic E-state index is 0.750. The van der Waals surface area contributed by atoms with E-state index in [1.807, 2.05) is 38.1 Å². The molecule has 1 aromatic heterocycles. The molecule has 5 nitrogen and oxygen atoms in total. The Morgan fingerprint density at radius 3 is 2.48 bits per heavy atom. The van der Waals surface area contributed by atoms with Crippen LogP contribution in [-0.4, -0.2) is 48.1 Å². The van der Waals surface area contributed by atoms with Crippen LogP contribution in [0.1, 0.15) is 11.4 Å². The molecule has 0 saturated carbocycles. The molecule has 2 heterocycles. The Balaban J connectivity index is 1.81. The van der Waals surface area contributed by atoms with Crippen molar-refractivity contribution in [2.45, 2.75) is 13.8 Å². The Kier molecular flexibility index (Phi) is 4.68. The first-order valence-electron chi connectivity index (χ1n) is 7.83. The number of aromatic nitrogens is 2. The van der Waals surface area contributed by atoms with Gasteiger partial charge in [0.1, 0.15) is 17.5 Å². The molecule has 23 heavy (non-hydrogen) atoms. The minimum atomic E-state index is 0.750. The Hall–Kier alpha value is -1.85. The monoisotopic (exact) mass is 331 g/mol. The summed E-state index contributed by atoms with van der Waals surface area (Å²) in [6.07, 6.45) is 0. The molecule has 1 fully saturated rings. The number of halogens is 1. The van der Waals surface area contributed by atoms with Gasteiger partial charge in [-0.2, -0.15) is 0 Å². The molecule has 0 unspecified atom stereocenters. The fourth-order valence-electron chi connectivity index (χ4n) is 2.63. The highest BCUT2D eigenvalue weighted by atomic mass is 35.5. The summed E-state index contributed by atoms with van der Waals surface area (Å²) in [7, 11) is 2.15. The third-order valence-corrected chi connectivity index (χ3v) is 4.50. The Morgan fingerprint density at radius 1 is 1.04 bits per heavy atom. The number of nitrogens with one attached hydrogen (secondary N) is 1. The molecule has 2 aromatic rings. The lowest BCUT2D eigenvalue weighted by atomic mass is 10.2. The molecule has 3 rings (SSSR count). The summed E-state index contributed by atoms with van der Waals surface area (Å²) in [5.41, 5.74) is 2.00. The van der Waals surface area contributed by atoms with Gasteiger partial charge in [-0.25, -0.2) is 9.97 Å². The topological polar surface area (TPSA) is 44.3 Å². The van der Waals surface area contributed by atoms with Crippen LogP contribution < -0.4 is 10.2 Å². The van der Waals surface area contributed by atoms with Gasteiger partial charge in [0.2, 0.25) is 0 Å². The van der Waals surface area contributed by atoms with Crippen molar-refractivity contribution < 1.29 is 0 Å². The Bertz CT molecular complexity index is 695. The zero-order chi connectivity index (χ0) is 16.4. The van der Waals surface area contributed by atoms with E-state index in [1.54, 1.807) is 0 Å². The Morgan fingerprint density at radius 2 is 1.78 bits per heavy atom. The average molecular weight is 332 g/mol. The van der Waals surface area contributed by atoms with Gasteiger partial charge >= 0.3 is 0 Å². The van der Waals surface area contributed by atoms with Gasteiger partial charge in [0.05, 0.1) is 0 Å². The zero-order valence-corrected chi connectivity index (χ0v) is 14.6. The van der Waals surface area contributed by atoms with E-state index >= 15 is 0 Å². The summed E-state index contributed by atoms with van der Waals surface area (Å²) < 4.78 is 0. The number of likely N-dealkylation sites (N-methyl/N-ethyl adjacent to an activating group) is 1. The normalized spacial score (nSPS) is 15.7. The van der Waals surface area contributed by atoms with E-state index in [0.29, 0.717) is 0 Å². The number of hydrogen-bond donors (Lipinski definition) is 1. The first-order chi connectivity index (χ1) is 11.0. The number of nitrogens with zero attached hydrogens (tertiary/aromatic N) is 4. The second-order valence-electron chi connectivity index (χ2n) is 6.04. The molecule has 122 valence electrons. The van der Waals surface area contributed by atoms with Crippen LogP contribution in [0.15, 0.2) is 24.3 Å². The number of hydrogen-bond acceptors (Lipinski definition) is 5. The predicted molar refractivity (Wildman–Crippen MR) is 96.0 cm³/mol. The standard InChI is InChI=1S/C17H22ClN5/c1-12-4-5-14(10-15(12)18)21-16-11-17(20-13(2)19-16)23-8-6-22(3)7-9-23/h4-5,10-11H,6-9H2,1-3H3,(H,19,20,21). The molecule has 1 saturated heterocycles. The highest BCUT2D eigenvalue weighted by Crippen LogP contribution is 2.24. The third-order valence-electron chi connectivity index (χ3n) is 4.10. The number of anilines is 3. The molecule has 6 heteroatoms. The van der Waals surface area contributed by atoms with Gasteiger partial charge in [0, 0.05) is 43.0 Å². The van der Waals surface area contributed by atoms with Gasteiger partial charge in [-0.15, -0.1) is 0 Å². The molecule has 0 aliphatic carbocycles. The Labute approximate surface area is 142 Å². The largest absolute Gasteiger partial charge is 0.354 e. The van der Waals surface area contributed by atoms with E-state index in [1.165, 1.54) is 0 Å². The second kappa shape index (κ2) is 6.72. The molecular weight excluding hydrogens is 310 g/mol. The summed E-state index contributed by atoms with van der Waals surface area (Å²) in [5.74, 6) is 2.54.